The monoisotopic (exact) mass is 271 g/mol. The third-order valence-corrected chi connectivity index (χ3v) is 4.04. The van der Waals surface area contributed by atoms with Crippen molar-refractivity contribution in [3.05, 3.63) is 24.3 Å². The van der Waals surface area contributed by atoms with E-state index in [-0.39, 0.29) is 0 Å². The highest BCUT2D eigenvalue weighted by Gasteiger charge is 2.27. The first-order chi connectivity index (χ1) is 9.62. The van der Waals surface area contributed by atoms with Crippen molar-refractivity contribution < 1.29 is 0 Å². The van der Waals surface area contributed by atoms with Gasteiger partial charge < -0.3 is 5.32 Å². The van der Waals surface area contributed by atoms with Crippen LogP contribution in [-0.4, -0.2) is 26.7 Å². The van der Waals surface area contributed by atoms with E-state index in [9.17, 15) is 0 Å². The Morgan fingerprint density at radius 2 is 2.25 bits per heavy atom. The van der Waals surface area contributed by atoms with Gasteiger partial charge in [-0.2, -0.15) is 5.21 Å². The average Bonchev–Trinajstić information content (AvgIpc) is 2.91. The van der Waals surface area contributed by atoms with Gasteiger partial charge in [-0.25, -0.2) is 0 Å². The van der Waals surface area contributed by atoms with Gasteiger partial charge in [0.15, 0.2) is 0 Å². The van der Waals surface area contributed by atoms with Crippen molar-refractivity contribution in [3.63, 3.8) is 0 Å². The lowest BCUT2D eigenvalue weighted by Crippen LogP contribution is -2.31. The average molecular weight is 271 g/mol. The van der Waals surface area contributed by atoms with Crippen molar-refractivity contribution in [3.8, 4) is 11.4 Å². The van der Waals surface area contributed by atoms with Gasteiger partial charge in [-0.1, -0.05) is 32.4 Å². The quantitative estimate of drug-likeness (QED) is 0.899. The van der Waals surface area contributed by atoms with Crippen molar-refractivity contribution >= 4 is 5.69 Å². The summed E-state index contributed by atoms with van der Waals surface area (Å²) >= 11 is 0. The Morgan fingerprint density at radius 3 is 3.00 bits per heavy atom. The van der Waals surface area contributed by atoms with E-state index >= 15 is 0 Å². The summed E-state index contributed by atoms with van der Waals surface area (Å²) in [7, 11) is 0. The molecule has 1 aromatic carbocycles. The maximum atomic E-state index is 4.02. The minimum Gasteiger partial charge on any atom is -0.382 e. The molecule has 0 aliphatic heterocycles. The standard InChI is InChI=1S/C15H21N5/c1-15(2)8-4-7-13(10-15)16-12-6-3-5-11(9-12)14-17-19-20-18-14/h3,5-6,9,13,16H,4,7-8,10H2,1-2H3,(H,17,18,19,20). The number of aromatic amines is 1. The maximum absolute atomic E-state index is 4.02. The highest BCUT2D eigenvalue weighted by Crippen LogP contribution is 2.36. The molecule has 1 aromatic heterocycles. The van der Waals surface area contributed by atoms with Gasteiger partial charge >= 0.3 is 0 Å². The molecule has 0 amide bonds. The molecular weight excluding hydrogens is 250 g/mol. The van der Waals surface area contributed by atoms with E-state index in [1.807, 2.05) is 12.1 Å². The molecule has 5 heteroatoms. The molecule has 1 aliphatic rings. The summed E-state index contributed by atoms with van der Waals surface area (Å²) in [5.41, 5.74) is 2.56. The zero-order chi connectivity index (χ0) is 14.0. The lowest BCUT2D eigenvalue weighted by Gasteiger charge is -2.36. The van der Waals surface area contributed by atoms with Gasteiger partial charge in [-0.05, 0) is 42.0 Å². The number of benzene rings is 1. The van der Waals surface area contributed by atoms with Gasteiger partial charge in [0.05, 0.1) is 0 Å². The minimum atomic E-state index is 0.446. The molecule has 0 radical (unpaired) electrons. The molecule has 2 aromatic rings. The molecule has 1 atom stereocenters. The van der Waals surface area contributed by atoms with Crippen molar-refractivity contribution in [2.75, 3.05) is 5.32 Å². The summed E-state index contributed by atoms with van der Waals surface area (Å²) in [4.78, 5) is 0. The first-order valence-electron chi connectivity index (χ1n) is 7.23. The normalized spacial score (nSPS) is 21.6. The zero-order valence-corrected chi connectivity index (χ0v) is 12.1. The number of aromatic nitrogens is 4. The summed E-state index contributed by atoms with van der Waals surface area (Å²) in [5, 5.41) is 17.8. The number of tetrazole rings is 1. The smallest absolute Gasteiger partial charge is 0.204 e. The van der Waals surface area contributed by atoms with Crippen LogP contribution in [-0.2, 0) is 0 Å². The summed E-state index contributed by atoms with van der Waals surface area (Å²) in [5.74, 6) is 0.637. The van der Waals surface area contributed by atoms with Crippen LogP contribution in [0.15, 0.2) is 24.3 Å². The van der Waals surface area contributed by atoms with Gasteiger partial charge in [-0.3, -0.25) is 0 Å². The Hall–Kier alpha value is -1.91. The molecule has 0 spiro atoms. The van der Waals surface area contributed by atoms with Crippen LogP contribution in [0.1, 0.15) is 39.5 Å². The molecule has 1 aliphatic carbocycles. The van der Waals surface area contributed by atoms with Crippen molar-refractivity contribution in [2.45, 2.75) is 45.6 Å². The molecule has 1 fully saturated rings. The van der Waals surface area contributed by atoms with Gasteiger partial charge in [0, 0.05) is 17.3 Å². The minimum absolute atomic E-state index is 0.446. The topological polar surface area (TPSA) is 66.5 Å². The summed E-state index contributed by atoms with van der Waals surface area (Å²) in [6, 6.07) is 8.78. The van der Waals surface area contributed by atoms with Crippen LogP contribution >= 0.6 is 0 Å². The lowest BCUT2D eigenvalue weighted by molar-refractivity contribution is 0.229. The van der Waals surface area contributed by atoms with E-state index in [0.29, 0.717) is 17.3 Å². The van der Waals surface area contributed by atoms with Crippen LogP contribution in [0.25, 0.3) is 11.4 Å². The first kappa shape index (κ1) is 13.1. The van der Waals surface area contributed by atoms with Crippen LogP contribution in [0.4, 0.5) is 5.69 Å². The molecule has 2 N–H and O–H groups in total. The predicted molar refractivity (Wildman–Crippen MR) is 79.3 cm³/mol. The molecular formula is C15H21N5. The largest absolute Gasteiger partial charge is 0.382 e. The second-order valence-electron chi connectivity index (χ2n) is 6.42. The molecule has 0 saturated heterocycles. The molecule has 106 valence electrons. The number of H-pyrrole nitrogens is 1. The Bertz CT molecular complexity index is 561. The van der Waals surface area contributed by atoms with E-state index < -0.39 is 0 Å². The molecule has 0 bridgehead atoms. The van der Waals surface area contributed by atoms with Crippen molar-refractivity contribution in [2.24, 2.45) is 5.41 Å². The van der Waals surface area contributed by atoms with Crippen LogP contribution < -0.4 is 5.32 Å². The van der Waals surface area contributed by atoms with Crippen LogP contribution in [0.5, 0.6) is 0 Å². The fourth-order valence-electron chi connectivity index (χ4n) is 3.09. The second-order valence-corrected chi connectivity index (χ2v) is 6.42. The molecule has 20 heavy (non-hydrogen) atoms. The van der Waals surface area contributed by atoms with Crippen molar-refractivity contribution in [1.29, 1.82) is 0 Å². The molecule has 5 nitrogen and oxygen atoms in total. The number of nitrogens with one attached hydrogen (secondary N) is 2. The Labute approximate surface area is 119 Å². The van der Waals surface area contributed by atoms with Crippen LogP contribution in [0, 0.1) is 5.41 Å². The Morgan fingerprint density at radius 1 is 1.35 bits per heavy atom. The van der Waals surface area contributed by atoms with Gasteiger partial charge in [0.2, 0.25) is 5.82 Å². The predicted octanol–water partition coefficient (Wildman–Crippen LogP) is 3.25. The Kier molecular flexibility index (Phi) is 3.42. The molecule has 3 rings (SSSR count). The third-order valence-electron chi connectivity index (χ3n) is 4.04. The highest BCUT2D eigenvalue weighted by molar-refractivity contribution is 5.61. The SMILES string of the molecule is CC1(C)CCCC(Nc2cccc(-c3nn[nH]n3)c2)C1. The number of hydrogen-bond donors (Lipinski definition) is 2. The molecule has 1 heterocycles. The summed E-state index contributed by atoms with van der Waals surface area (Å²) in [6.45, 7) is 4.72. The number of anilines is 1. The van der Waals surface area contributed by atoms with E-state index in [1.165, 1.54) is 25.7 Å². The van der Waals surface area contributed by atoms with Gasteiger partial charge in [0.1, 0.15) is 0 Å². The number of hydrogen-bond acceptors (Lipinski definition) is 4. The molecule has 1 unspecified atom stereocenters. The maximum Gasteiger partial charge on any atom is 0.204 e. The second kappa shape index (κ2) is 5.23. The highest BCUT2D eigenvalue weighted by atomic mass is 15.5. The summed E-state index contributed by atoms with van der Waals surface area (Å²) in [6.07, 6.45) is 5.10. The third kappa shape index (κ3) is 2.98. The van der Waals surface area contributed by atoms with E-state index in [4.69, 9.17) is 0 Å². The fourth-order valence-corrected chi connectivity index (χ4v) is 3.09. The van der Waals surface area contributed by atoms with Crippen molar-refractivity contribution in [1.82, 2.24) is 20.6 Å². The van der Waals surface area contributed by atoms with E-state index in [2.05, 4.69) is 51.9 Å². The fraction of sp³-hybridized carbons (Fsp3) is 0.533. The van der Waals surface area contributed by atoms with E-state index in [0.717, 1.165) is 11.3 Å². The van der Waals surface area contributed by atoms with E-state index in [1.54, 1.807) is 0 Å². The summed E-state index contributed by atoms with van der Waals surface area (Å²) < 4.78 is 0. The van der Waals surface area contributed by atoms with Crippen LogP contribution in [0.2, 0.25) is 0 Å². The number of nitrogens with zero attached hydrogens (tertiary/aromatic N) is 3. The molecule has 1 saturated carbocycles. The first-order valence-corrected chi connectivity index (χ1v) is 7.23. The van der Waals surface area contributed by atoms with Gasteiger partial charge in [0.25, 0.3) is 0 Å². The number of rotatable bonds is 3. The van der Waals surface area contributed by atoms with Gasteiger partial charge in [-0.15, -0.1) is 10.2 Å². The zero-order valence-electron chi connectivity index (χ0n) is 12.1. The Balaban J connectivity index is 1.73. The lowest BCUT2D eigenvalue weighted by atomic mass is 9.75. The van der Waals surface area contributed by atoms with Crippen LogP contribution in [0.3, 0.4) is 0 Å².